The van der Waals surface area contributed by atoms with E-state index in [9.17, 15) is 9.90 Å². The Hall–Kier alpha value is -5.82. The quantitative estimate of drug-likeness (QED) is 0.193. The lowest BCUT2D eigenvalue weighted by Gasteiger charge is -2.40. The third-order valence-electron chi connectivity index (χ3n) is 11.3. The summed E-state index contributed by atoms with van der Waals surface area (Å²) >= 11 is 0. The molecule has 9 rings (SSSR count). The van der Waals surface area contributed by atoms with Gasteiger partial charge in [-0.05, 0) is 79.1 Å². The molecule has 1 saturated heterocycles. The number of carbonyl (C=O) groups excluding carboxylic acids is 2. The van der Waals surface area contributed by atoms with E-state index in [0.29, 0.717) is 70.8 Å². The number of aromatic nitrogens is 3. The molecule has 0 spiro atoms. The molecular weight excluding hydrogens is 732 g/mol. The summed E-state index contributed by atoms with van der Waals surface area (Å²) < 4.78 is 21.2. The smallest absolute Gasteiger partial charge is 0.265 e. The van der Waals surface area contributed by atoms with E-state index in [2.05, 4.69) is 23.1 Å². The molecular formula is C43H43ClN6O6. The average molecular weight is 775 g/mol. The first-order valence-corrected chi connectivity index (χ1v) is 18.6. The molecule has 12 nitrogen and oxygen atoms in total. The van der Waals surface area contributed by atoms with Crippen molar-refractivity contribution in [2.45, 2.75) is 25.9 Å². The van der Waals surface area contributed by atoms with Gasteiger partial charge in [0.1, 0.15) is 11.6 Å². The first-order chi connectivity index (χ1) is 26.7. The predicted molar refractivity (Wildman–Crippen MR) is 215 cm³/mol. The monoisotopic (exact) mass is 774 g/mol. The average Bonchev–Trinajstić information content (AvgIpc) is 3.91. The fraction of sp³-hybridized carbons (Fsp3) is 0.279. The van der Waals surface area contributed by atoms with Crippen molar-refractivity contribution in [1.29, 1.82) is 0 Å². The second-order valence-electron chi connectivity index (χ2n) is 14.5. The van der Waals surface area contributed by atoms with Crippen LogP contribution in [-0.2, 0) is 31.8 Å². The van der Waals surface area contributed by atoms with Crippen LogP contribution in [0.2, 0.25) is 0 Å². The van der Waals surface area contributed by atoms with Crippen LogP contribution in [-0.4, -0.2) is 86.5 Å². The van der Waals surface area contributed by atoms with Crippen molar-refractivity contribution in [3.05, 3.63) is 119 Å². The van der Waals surface area contributed by atoms with Crippen LogP contribution in [0.25, 0.3) is 22.2 Å². The minimum atomic E-state index is -0.306. The molecule has 0 saturated carbocycles. The van der Waals surface area contributed by atoms with Gasteiger partial charge in [-0.25, -0.2) is 4.98 Å². The summed E-state index contributed by atoms with van der Waals surface area (Å²) in [6.07, 6.45) is 4.45. The fourth-order valence-electron chi connectivity index (χ4n) is 8.08. The van der Waals surface area contributed by atoms with Crippen molar-refractivity contribution >= 4 is 46.6 Å². The molecule has 1 atom stereocenters. The molecule has 3 aromatic heterocycles. The largest absolute Gasteiger partial charge is 0.508 e. The van der Waals surface area contributed by atoms with Gasteiger partial charge in [-0.2, -0.15) is 0 Å². The molecule has 2 amide bonds. The molecule has 56 heavy (non-hydrogen) atoms. The molecule has 6 aromatic rings. The van der Waals surface area contributed by atoms with E-state index in [1.165, 1.54) is 5.56 Å². The van der Waals surface area contributed by atoms with Crippen LogP contribution >= 0.6 is 12.4 Å². The molecule has 288 valence electrons. The Bertz CT molecular complexity index is 2450. The number of nitrogens with zero attached hydrogens (tertiary/aromatic N) is 6. The number of pyridine rings is 1. The molecule has 6 heterocycles. The summed E-state index contributed by atoms with van der Waals surface area (Å²) in [6.45, 7) is 6.18. The van der Waals surface area contributed by atoms with Crippen molar-refractivity contribution in [1.82, 2.24) is 23.9 Å². The number of aryl methyl sites for hydroxylation is 1. The maximum absolute atomic E-state index is 15.1. The molecule has 3 aromatic carbocycles. The highest BCUT2D eigenvalue weighted by Gasteiger charge is 2.35. The van der Waals surface area contributed by atoms with Gasteiger partial charge in [-0.15, -0.1) is 12.4 Å². The summed E-state index contributed by atoms with van der Waals surface area (Å²) in [6, 6.07) is 24.2. The lowest BCUT2D eigenvalue weighted by Crippen LogP contribution is -2.52. The zero-order valence-corrected chi connectivity index (χ0v) is 32.3. The number of fused-ring (bicyclic) bond motifs is 3. The predicted octanol–water partition coefficient (Wildman–Crippen LogP) is 6.62. The summed E-state index contributed by atoms with van der Waals surface area (Å²) in [7, 11) is 3.85. The summed E-state index contributed by atoms with van der Waals surface area (Å²) in [5.74, 6) is 1.16. The summed E-state index contributed by atoms with van der Waals surface area (Å²) in [4.78, 5) is 40.6. The van der Waals surface area contributed by atoms with Gasteiger partial charge >= 0.3 is 0 Å². The van der Waals surface area contributed by atoms with Gasteiger partial charge in [0.2, 0.25) is 6.79 Å². The number of halogens is 1. The number of morpholine rings is 1. The number of hydrogen-bond donors (Lipinski definition) is 1. The molecule has 3 aliphatic rings. The normalized spacial score (nSPS) is 16.4. The number of amides is 2. The van der Waals surface area contributed by atoms with Crippen molar-refractivity contribution in [2.75, 3.05) is 44.5 Å². The number of rotatable bonds is 7. The van der Waals surface area contributed by atoms with Gasteiger partial charge in [0.25, 0.3) is 11.8 Å². The van der Waals surface area contributed by atoms with E-state index in [4.69, 9.17) is 19.2 Å². The zero-order valence-electron chi connectivity index (χ0n) is 31.5. The van der Waals surface area contributed by atoms with Gasteiger partial charge in [-0.3, -0.25) is 19.4 Å². The Balaban J connectivity index is 0.00000441. The van der Waals surface area contributed by atoms with Crippen LogP contribution in [0.4, 0.5) is 11.5 Å². The summed E-state index contributed by atoms with van der Waals surface area (Å²) in [5, 5.41) is 11.1. The molecule has 0 bridgehead atoms. The molecule has 0 unspecified atom stereocenters. The lowest BCUT2D eigenvalue weighted by molar-refractivity contribution is 0.0193. The molecule has 0 radical (unpaired) electrons. The third kappa shape index (κ3) is 6.63. The summed E-state index contributed by atoms with van der Waals surface area (Å²) in [5.41, 5.74) is 6.82. The van der Waals surface area contributed by atoms with Crippen molar-refractivity contribution in [3.63, 3.8) is 0 Å². The second kappa shape index (κ2) is 15.0. The van der Waals surface area contributed by atoms with Gasteiger partial charge in [0.05, 0.1) is 41.7 Å². The minimum absolute atomic E-state index is 0. The van der Waals surface area contributed by atoms with Crippen LogP contribution in [0.15, 0.2) is 91.3 Å². The molecule has 13 heteroatoms. The van der Waals surface area contributed by atoms with Crippen molar-refractivity contribution in [3.8, 4) is 28.5 Å². The molecule has 0 aliphatic carbocycles. The fourth-order valence-corrected chi connectivity index (χ4v) is 8.08. The van der Waals surface area contributed by atoms with E-state index < -0.39 is 0 Å². The highest BCUT2D eigenvalue weighted by Crippen LogP contribution is 2.42. The molecule has 3 aliphatic heterocycles. The maximum atomic E-state index is 15.1. The van der Waals surface area contributed by atoms with E-state index in [1.807, 2.05) is 71.6 Å². The Morgan fingerprint density at radius 1 is 0.911 bits per heavy atom. The second-order valence-corrected chi connectivity index (χ2v) is 14.5. The number of anilines is 2. The molecule has 1 fully saturated rings. The number of phenolic OH excluding ortho intramolecular Hbond substituents is 1. The van der Waals surface area contributed by atoms with Crippen LogP contribution < -0.4 is 14.4 Å². The third-order valence-corrected chi connectivity index (χ3v) is 11.3. The number of hydrogen-bond acceptors (Lipinski definition) is 8. The lowest BCUT2D eigenvalue weighted by atomic mass is 9.92. The molecule has 1 N–H and O–H groups in total. The Morgan fingerprint density at radius 2 is 1.64 bits per heavy atom. The van der Waals surface area contributed by atoms with Crippen LogP contribution in [0.3, 0.4) is 0 Å². The number of aromatic hydroxyl groups is 1. The highest BCUT2D eigenvalue weighted by atomic mass is 35.5. The first-order valence-electron chi connectivity index (χ1n) is 18.6. The van der Waals surface area contributed by atoms with E-state index in [-0.39, 0.29) is 42.8 Å². The van der Waals surface area contributed by atoms with Gasteiger partial charge < -0.3 is 33.4 Å². The highest BCUT2D eigenvalue weighted by molar-refractivity contribution is 6.12. The van der Waals surface area contributed by atoms with Gasteiger partial charge in [0, 0.05) is 74.9 Å². The first kappa shape index (κ1) is 37.1. The standard InChI is InChI=1S/C43H42N6O6.ClH/c1-27-34(43(52)49(31-8-10-33(50)11-9-31)41-19-29-12-13-45(2)38(29)23-44-41)20-37(46(27)3)35-21-39-40(55-26-54-39)22-36(35)42(51)48-24-30-7-5-4-6-28(30)18-32(48)25-47-14-16-53-17-15-47;/h4-13,19-23,32,50H,14-18,24-26H2,1-3H3;1H/t32-;/m0./s1. The number of phenols is 1. The van der Waals surface area contributed by atoms with E-state index in [0.717, 1.165) is 42.5 Å². The van der Waals surface area contributed by atoms with E-state index >= 15 is 4.79 Å². The van der Waals surface area contributed by atoms with Crippen LogP contribution in [0.5, 0.6) is 17.2 Å². The SMILES string of the molecule is Cc1c(C(=O)N(c2ccc(O)cc2)c2cc3ccn(C)c3cn2)cc(-c2cc3c(cc2C(=O)N2Cc4ccccc4C[C@H]2CN2CCOCC2)OCO3)n1C.Cl. The van der Waals surface area contributed by atoms with Crippen molar-refractivity contribution in [2.24, 2.45) is 14.1 Å². The van der Waals surface area contributed by atoms with Gasteiger partial charge in [-0.1, -0.05) is 24.3 Å². The van der Waals surface area contributed by atoms with Crippen LogP contribution in [0, 0.1) is 6.92 Å². The minimum Gasteiger partial charge on any atom is -0.508 e. The van der Waals surface area contributed by atoms with Crippen molar-refractivity contribution < 1.29 is 28.9 Å². The van der Waals surface area contributed by atoms with Gasteiger partial charge in [0.15, 0.2) is 11.5 Å². The van der Waals surface area contributed by atoms with E-state index in [1.54, 1.807) is 41.4 Å². The number of benzene rings is 3. The Labute approximate surface area is 330 Å². The Morgan fingerprint density at radius 3 is 2.41 bits per heavy atom. The maximum Gasteiger partial charge on any atom is 0.265 e. The number of carbonyl (C=O) groups is 2. The topological polar surface area (TPSA) is 115 Å². The van der Waals surface area contributed by atoms with Crippen LogP contribution in [0.1, 0.15) is 37.5 Å². The Kier molecular flexibility index (Phi) is 9.96. The number of ether oxygens (including phenoxy) is 3. The zero-order chi connectivity index (χ0) is 37.8.